The normalized spacial score (nSPS) is 9.86. The molecule has 0 aromatic heterocycles. The first-order chi connectivity index (χ1) is 6.67. The average molecular weight is 194 g/mol. The summed E-state index contributed by atoms with van der Waals surface area (Å²) in [6.07, 6.45) is 0.254. The Morgan fingerprint density at radius 1 is 1.50 bits per heavy atom. The molecule has 4 nitrogen and oxygen atoms in total. The lowest BCUT2D eigenvalue weighted by Crippen LogP contribution is -2.07. The van der Waals surface area contributed by atoms with Gasteiger partial charge in [0.05, 0.1) is 13.5 Å². The Bertz CT molecular complexity index is 337. The van der Waals surface area contributed by atoms with E-state index in [0.29, 0.717) is 12.2 Å². The quantitative estimate of drug-likeness (QED) is 0.540. The lowest BCUT2D eigenvalue weighted by atomic mass is 10.1. The summed E-state index contributed by atoms with van der Waals surface area (Å²) in [6, 6.07) is 5.37. The maximum absolute atomic E-state index is 11.0. The molecule has 1 rings (SSSR count). The maximum Gasteiger partial charge on any atom is 0.309 e. The molecule has 14 heavy (non-hydrogen) atoms. The molecule has 0 amide bonds. The van der Waals surface area contributed by atoms with E-state index in [1.165, 1.54) is 7.11 Å². The molecule has 0 unspecified atom stereocenters. The SMILES string of the molecule is COC(=O)Cc1ccc(N)c(CN)c1. The molecule has 0 aliphatic heterocycles. The molecule has 0 saturated carbocycles. The van der Waals surface area contributed by atoms with Crippen LogP contribution in [0.1, 0.15) is 11.1 Å². The van der Waals surface area contributed by atoms with Crippen molar-refractivity contribution in [1.29, 1.82) is 0 Å². The zero-order valence-electron chi connectivity index (χ0n) is 8.12. The van der Waals surface area contributed by atoms with Crippen LogP contribution in [0.25, 0.3) is 0 Å². The van der Waals surface area contributed by atoms with Crippen molar-refractivity contribution in [1.82, 2.24) is 0 Å². The number of hydrogen-bond acceptors (Lipinski definition) is 4. The van der Waals surface area contributed by atoms with E-state index in [0.717, 1.165) is 11.1 Å². The number of anilines is 1. The number of carbonyl (C=O) groups is 1. The molecule has 0 bridgehead atoms. The molecule has 0 aliphatic rings. The van der Waals surface area contributed by atoms with Gasteiger partial charge in [-0.05, 0) is 17.2 Å². The number of esters is 1. The van der Waals surface area contributed by atoms with Gasteiger partial charge in [0, 0.05) is 12.2 Å². The molecule has 1 aromatic rings. The highest BCUT2D eigenvalue weighted by atomic mass is 16.5. The van der Waals surface area contributed by atoms with E-state index in [9.17, 15) is 4.79 Å². The number of methoxy groups -OCH3 is 1. The maximum atomic E-state index is 11.0. The largest absolute Gasteiger partial charge is 0.469 e. The van der Waals surface area contributed by atoms with Crippen LogP contribution in [0, 0.1) is 0 Å². The second-order valence-corrected chi connectivity index (χ2v) is 2.99. The third-order valence-electron chi connectivity index (χ3n) is 2.00. The fourth-order valence-corrected chi connectivity index (χ4v) is 1.18. The number of nitrogen functional groups attached to an aromatic ring is 1. The second kappa shape index (κ2) is 4.62. The van der Waals surface area contributed by atoms with Crippen molar-refractivity contribution in [2.45, 2.75) is 13.0 Å². The van der Waals surface area contributed by atoms with Gasteiger partial charge in [0.25, 0.3) is 0 Å². The van der Waals surface area contributed by atoms with Crippen molar-refractivity contribution in [3.63, 3.8) is 0 Å². The lowest BCUT2D eigenvalue weighted by molar-refractivity contribution is -0.139. The van der Waals surface area contributed by atoms with Gasteiger partial charge in [-0.25, -0.2) is 0 Å². The monoisotopic (exact) mass is 194 g/mol. The van der Waals surface area contributed by atoms with Gasteiger partial charge in [0.1, 0.15) is 0 Å². The summed E-state index contributed by atoms with van der Waals surface area (Å²) in [7, 11) is 1.36. The Balaban J connectivity index is 2.84. The van der Waals surface area contributed by atoms with E-state index in [-0.39, 0.29) is 12.4 Å². The molecule has 0 saturated heterocycles. The molecule has 1 aromatic carbocycles. The first-order valence-corrected chi connectivity index (χ1v) is 4.31. The van der Waals surface area contributed by atoms with Crippen molar-refractivity contribution < 1.29 is 9.53 Å². The number of rotatable bonds is 3. The molecule has 4 heteroatoms. The topological polar surface area (TPSA) is 78.3 Å². The minimum absolute atomic E-state index is 0.254. The van der Waals surface area contributed by atoms with Crippen molar-refractivity contribution in [3.8, 4) is 0 Å². The number of hydrogen-bond donors (Lipinski definition) is 2. The van der Waals surface area contributed by atoms with Crippen molar-refractivity contribution >= 4 is 11.7 Å². The Hall–Kier alpha value is -1.55. The van der Waals surface area contributed by atoms with E-state index < -0.39 is 0 Å². The zero-order valence-corrected chi connectivity index (χ0v) is 8.12. The van der Waals surface area contributed by atoms with Crippen LogP contribution in [-0.4, -0.2) is 13.1 Å². The highest BCUT2D eigenvalue weighted by Gasteiger charge is 2.04. The standard InChI is InChI=1S/C10H14N2O2/c1-14-10(13)5-7-2-3-9(12)8(4-7)6-11/h2-4H,5-6,11-12H2,1H3. The molecule has 0 spiro atoms. The molecule has 0 aliphatic carbocycles. The van der Waals surface area contributed by atoms with E-state index in [2.05, 4.69) is 4.74 Å². The van der Waals surface area contributed by atoms with Crippen LogP contribution in [-0.2, 0) is 22.5 Å². The predicted molar refractivity (Wildman–Crippen MR) is 54.5 cm³/mol. The number of carbonyl (C=O) groups excluding carboxylic acids is 1. The molecule has 76 valence electrons. The zero-order chi connectivity index (χ0) is 10.6. The summed E-state index contributed by atoms with van der Waals surface area (Å²) in [6.45, 7) is 0.376. The summed E-state index contributed by atoms with van der Waals surface area (Å²) >= 11 is 0. The van der Waals surface area contributed by atoms with Crippen LogP contribution in [0.2, 0.25) is 0 Å². The fraction of sp³-hybridized carbons (Fsp3) is 0.300. The first kappa shape index (κ1) is 10.5. The minimum atomic E-state index is -0.266. The molecular formula is C10H14N2O2. The Kier molecular flexibility index (Phi) is 3.48. The molecule has 0 atom stereocenters. The van der Waals surface area contributed by atoms with Crippen LogP contribution in [0.4, 0.5) is 5.69 Å². The van der Waals surface area contributed by atoms with Crippen molar-refractivity contribution in [2.24, 2.45) is 5.73 Å². The third kappa shape index (κ3) is 2.47. The van der Waals surface area contributed by atoms with E-state index in [1.54, 1.807) is 12.1 Å². The third-order valence-corrected chi connectivity index (χ3v) is 2.00. The molecule has 0 fully saturated rings. The van der Waals surface area contributed by atoms with Crippen LogP contribution in [0.5, 0.6) is 0 Å². The molecule has 0 radical (unpaired) electrons. The molecular weight excluding hydrogens is 180 g/mol. The van der Waals surface area contributed by atoms with E-state index >= 15 is 0 Å². The smallest absolute Gasteiger partial charge is 0.309 e. The van der Waals surface area contributed by atoms with Crippen molar-refractivity contribution in [2.75, 3.05) is 12.8 Å². The van der Waals surface area contributed by atoms with Gasteiger partial charge in [0.2, 0.25) is 0 Å². The minimum Gasteiger partial charge on any atom is -0.469 e. The van der Waals surface area contributed by atoms with Gasteiger partial charge in [-0.3, -0.25) is 4.79 Å². The van der Waals surface area contributed by atoms with Gasteiger partial charge < -0.3 is 16.2 Å². The van der Waals surface area contributed by atoms with E-state index in [1.807, 2.05) is 6.07 Å². The summed E-state index contributed by atoms with van der Waals surface area (Å²) < 4.78 is 4.56. The average Bonchev–Trinajstić information content (AvgIpc) is 2.20. The van der Waals surface area contributed by atoms with Gasteiger partial charge in [0.15, 0.2) is 0 Å². The van der Waals surface area contributed by atoms with Crippen molar-refractivity contribution in [3.05, 3.63) is 29.3 Å². The van der Waals surface area contributed by atoms with Gasteiger partial charge >= 0.3 is 5.97 Å². The summed E-state index contributed by atoms with van der Waals surface area (Å²) in [5.74, 6) is -0.266. The van der Waals surface area contributed by atoms with Gasteiger partial charge in [-0.2, -0.15) is 0 Å². The summed E-state index contributed by atoms with van der Waals surface area (Å²) in [5, 5.41) is 0. The Morgan fingerprint density at radius 2 is 2.21 bits per heavy atom. The predicted octanol–water partition coefficient (Wildman–Crippen LogP) is 0.443. The summed E-state index contributed by atoms with van der Waals surface area (Å²) in [4.78, 5) is 11.0. The Morgan fingerprint density at radius 3 is 2.79 bits per heavy atom. The molecule has 0 heterocycles. The summed E-state index contributed by atoms with van der Waals surface area (Å²) in [5.41, 5.74) is 13.5. The van der Waals surface area contributed by atoms with Crippen LogP contribution >= 0.6 is 0 Å². The fourth-order valence-electron chi connectivity index (χ4n) is 1.18. The highest BCUT2D eigenvalue weighted by molar-refractivity contribution is 5.72. The highest BCUT2D eigenvalue weighted by Crippen LogP contribution is 2.14. The number of benzene rings is 1. The van der Waals surface area contributed by atoms with Crippen LogP contribution < -0.4 is 11.5 Å². The first-order valence-electron chi connectivity index (χ1n) is 4.31. The van der Waals surface area contributed by atoms with Gasteiger partial charge in [-0.15, -0.1) is 0 Å². The van der Waals surface area contributed by atoms with Crippen LogP contribution in [0.15, 0.2) is 18.2 Å². The number of nitrogens with two attached hydrogens (primary N) is 2. The molecule has 4 N–H and O–H groups in total. The van der Waals surface area contributed by atoms with E-state index in [4.69, 9.17) is 11.5 Å². The van der Waals surface area contributed by atoms with Crippen LogP contribution in [0.3, 0.4) is 0 Å². The number of ether oxygens (including phenoxy) is 1. The Labute approximate surface area is 82.8 Å². The lowest BCUT2D eigenvalue weighted by Gasteiger charge is -2.05. The second-order valence-electron chi connectivity index (χ2n) is 2.99. The van der Waals surface area contributed by atoms with Gasteiger partial charge in [-0.1, -0.05) is 12.1 Å².